The van der Waals surface area contributed by atoms with Crippen molar-refractivity contribution in [1.82, 2.24) is 5.32 Å². The first-order valence-corrected chi connectivity index (χ1v) is 10.2. The quantitative estimate of drug-likeness (QED) is 0.424. The molecule has 0 saturated carbocycles. The summed E-state index contributed by atoms with van der Waals surface area (Å²) in [6.07, 6.45) is -5.15. The van der Waals surface area contributed by atoms with Crippen LogP contribution in [0.4, 0.5) is 0 Å². The second-order valence-corrected chi connectivity index (χ2v) is 7.36. The van der Waals surface area contributed by atoms with E-state index in [2.05, 4.69) is 5.32 Å². The van der Waals surface area contributed by atoms with E-state index in [1.165, 1.54) is 6.92 Å². The van der Waals surface area contributed by atoms with Gasteiger partial charge in [-0.2, -0.15) is 0 Å². The first-order valence-electron chi connectivity index (χ1n) is 10.2. The van der Waals surface area contributed by atoms with Crippen LogP contribution in [0.2, 0.25) is 0 Å². The number of ether oxygens (including phenoxy) is 5. The largest absolute Gasteiger partial charge is 0.463 e. The van der Waals surface area contributed by atoms with Crippen LogP contribution in [-0.4, -0.2) is 67.0 Å². The van der Waals surface area contributed by atoms with E-state index in [1.807, 2.05) is 0 Å². The van der Waals surface area contributed by atoms with E-state index in [1.54, 1.807) is 30.3 Å². The average Bonchev–Trinajstić information content (AvgIpc) is 2.70. The zero-order valence-corrected chi connectivity index (χ0v) is 18.8. The number of amides is 1. The van der Waals surface area contributed by atoms with Crippen LogP contribution in [0.15, 0.2) is 30.3 Å². The highest BCUT2D eigenvalue weighted by atomic mass is 16.7. The fourth-order valence-corrected chi connectivity index (χ4v) is 3.34. The van der Waals surface area contributed by atoms with E-state index in [0.717, 1.165) is 20.8 Å². The molecule has 0 aromatic heterocycles. The van der Waals surface area contributed by atoms with Crippen molar-refractivity contribution in [3.8, 4) is 0 Å². The van der Waals surface area contributed by atoms with Gasteiger partial charge >= 0.3 is 23.9 Å². The van der Waals surface area contributed by atoms with Crippen LogP contribution in [0.3, 0.4) is 0 Å². The van der Waals surface area contributed by atoms with E-state index in [4.69, 9.17) is 23.7 Å². The van der Waals surface area contributed by atoms with Gasteiger partial charge in [-0.15, -0.1) is 0 Å². The maximum Gasteiger partial charge on any atom is 0.305 e. The summed E-state index contributed by atoms with van der Waals surface area (Å²) >= 11 is 0. The number of benzene rings is 1. The van der Waals surface area contributed by atoms with Crippen LogP contribution in [0.25, 0.3) is 0 Å². The maximum absolute atomic E-state index is 12.7. The van der Waals surface area contributed by atoms with Gasteiger partial charge in [0.1, 0.15) is 18.8 Å². The molecule has 1 heterocycles. The van der Waals surface area contributed by atoms with Gasteiger partial charge in [0.05, 0.1) is 6.42 Å². The molecule has 0 bridgehead atoms. The summed E-state index contributed by atoms with van der Waals surface area (Å²) in [7, 11) is 0. The molecule has 33 heavy (non-hydrogen) atoms. The molecule has 1 N–H and O–H groups in total. The highest BCUT2D eigenvalue weighted by Gasteiger charge is 2.52. The van der Waals surface area contributed by atoms with Gasteiger partial charge in [0, 0.05) is 27.7 Å². The lowest BCUT2D eigenvalue weighted by Crippen LogP contribution is -2.67. The Morgan fingerprint density at radius 3 is 1.94 bits per heavy atom. The second-order valence-electron chi connectivity index (χ2n) is 7.36. The predicted molar refractivity (Wildman–Crippen MR) is 110 cm³/mol. The van der Waals surface area contributed by atoms with Crippen molar-refractivity contribution >= 4 is 29.8 Å². The molecular weight excluding hydrogens is 438 g/mol. The van der Waals surface area contributed by atoms with Gasteiger partial charge in [-0.25, -0.2) is 0 Å². The molecule has 1 aromatic rings. The standard InChI is InChI=1S/C22H27NO10/c1-12(24)29-11-17-20(30-13(2)25)21(31-14(3)26)19(22(33-17)32-15(4)27)23-18(28)10-16-8-6-5-7-9-16/h5-9,17,19-22H,10-11H2,1-4H3,(H,23,28)/t17?,19-,20-,21-,22?/m1/s1. The van der Waals surface area contributed by atoms with E-state index in [0.29, 0.717) is 5.56 Å². The Kier molecular flexibility index (Phi) is 9.34. The molecule has 11 heteroatoms. The number of esters is 4. The van der Waals surface area contributed by atoms with Crippen molar-refractivity contribution in [3.05, 3.63) is 35.9 Å². The molecule has 0 radical (unpaired) electrons. The molecule has 1 saturated heterocycles. The van der Waals surface area contributed by atoms with Gasteiger partial charge in [-0.1, -0.05) is 30.3 Å². The van der Waals surface area contributed by atoms with Crippen molar-refractivity contribution in [2.45, 2.75) is 64.8 Å². The molecule has 1 aliphatic rings. The highest BCUT2D eigenvalue weighted by molar-refractivity contribution is 5.79. The topological polar surface area (TPSA) is 144 Å². The summed E-state index contributed by atoms with van der Waals surface area (Å²) in [5.74, 6) is -3.32. The lowest BCUT2D eigenvalue weighted by molar-refractivity contribution is -0.271. The van der Waals surface area contributed by atoms with Gasteiger partial charge in [0.15, 0.2) is 12.2 Å². The molecule has 0 spiro atoms. The van der Waals surface area contributed by atoms with E-state index in [9.17, 15) is 24.0 Å². The van der Waals surface area contributed by atoms with Crippen LogP contribution in [0, 0.1) is 0 Å². The molecule has 1 aromatic carbocycles. The first-order chi connectivity index (χ1) is 15.6. The van der Waals surface area contributed by atoms with Crippen LogP contribution in [-0.2, 0) is 54.1 Å². The number of nitrogens with one attached hydrogen (secondary N) is 1. The van der Waals surface area contributed by atoms with Crippen LogP contribution in [0.5, 0.6) is 0 Å². The fourth-order valence-electron chi connectivity index (χ4n) is 3.34. The fraction of sp³-hybridized carbons (Fsp3) is 0.500. The Bertz CT molecular complexity index is 871. The Labute approximate surface area is 190 Å². The van der Waals surface area contributed by atoms with E-state index in [-0.39, 0.29) is 13.0 Å². The number of rotatable bonds is 8. The van der Waals surface area contributed by atoms with Crippen molar-refractivity contribution < 1.29 is 47.7 Å². The second kappa shape index (κ2) is 12.0. The first kappa shape index (κ1) is 25.8. The minimum Gasteiger partial charge on any atom is -0.463 e. The van der Waals surface area contributed by atoms with E-state index < -0.39 is 60.4 Å². The molecule has 5 atom stereocenters. The van der Waals surface area contributed by atoms with Crippen LogP contribution < -0.4 is 5.32 Å². The van der Waals surface area contributed by atoms with Crippen LogP contribution in [0.1, 0.15) is 33.3 Å². The van der Waals surface area contributed by atoms with Crippen LogP contribution >= 0.6 is 0 Å². The summed E-state index contributed by atoms with van der Waals surface area (Å²) in [4.78, 5) is 59.4. The monoisotopic (exact) mass is 465 g/mol. The molecular formula is C22H27NO10. The summed E-state index contributed by atoms with van der Waals surface area (Å²) in [6.45, 7) is 4.18. The normalized spacial score (nSPS) is 24.2. The van der Waals surface area contributed by atoms with Gasteiger partial charge in [-0.05, 0) is 5.56 Å². The average molecular weight is 465 g/mol. The third-order valence-corrected chi connectivity index (χ3v) is 4.52. The minimum atomic E-state index is -1.42. The van der Waals surface area contributed by atoms with Crippen molar-refractivity contribution in [2.24, 2.45) is 0 Å². The highest BCUT2D eigenvalue weighted by Crippen LogP contribution is 2.28. The molecule has 0 aliphatic carbocycles. The predicted octanol–water partition coefficient (Wildman–Crippen LogP) is 0.428. The molecule has 11 nitrogen and oxygen atoms in total. The number of hydrogen-bond donors (Lipinski definition) is 1. The number of hydrogen-bond acceptors (Lipinski definition) is 10. The number of carbonyl (C=O) groups is 5. The maximum atomic E-state index is 12.7. The van der Waals surface area contributed by atoms with Crippen molar-refractivity contribution in [3.63, 3.8) is 0 Å². The molecule has 1 fully saturated rings. The van der Waals surface area contributed by atoms with Gasteiger partial charge < -0.3 is 29.0 Å². The molecule has 2 unspecified atom stereocenters. The summed E-state index contributed by atoms with van der Waals surface area (Å²) in [6, 6.07) is 7.63. The third-order valence-electron chi connectivity index (χ3n) is 4.52. The molecule has 180 valence electrons. The lowest BCUT2D eigenvalue weighted by atomic mass is 9.95. The summed E-state index contributed by atoms with van der Waals surface area (Å²) in [5, 5.41) is 2.65. The molecule has 2 rings (SSSR count). The summed E-state index contributed by atoms with van der Waals surface area (Å²) < 4.78 is 26.6. The third kappa shape index (κ3) is 8.19. The molecule has 1 amide bonds. The Morgan fingerprint density at radius 2 is 1.39 bits per heavy atom. The number of carbonyl (C=O) groups excluding carboxylic acids is 5. The lowest BCUT2D eigenvalue weighted by Gasteiger charge is -2.44. The SMILES string of the molecule is CC(=O)OCC1OC(OC(C)=O)[C@H](NC(=O)Cc2ccccc2)[C@@H](OC(C)=O)[C@@H]1OC(C)=O. The smallest absolute Gasteiger partial charge is 0.305 e. The zero-order chi connectivity index (χ0) is 24.5. The van der Waals surface area contributed by atoms with Gasteiger partial charge in [-0.3, -0.25) is 24.0 Å². The van der Waals surface area contributed by atoms with Gasteiger partial charge in [0.2, 0.25) is 12.2 Å². The Hall–Kier alpha value is -3.47. The van der Waals surface area contributed by atoms with Crippen molar-refractivity contribution in [1.29, 1.82) is 0 Å². The summed E-state index contributed by atoms with van der Waals surface area (Å²) in [5.41, 5.74) is 0.712. The Morgan fingerprint density at radius 1 is 0.818 bits per heavy atom. The van der Waals surface area contributed by atoms with Gasteiger partial charge in [0.25, 0.3) is 0 Å². The van der Waals surface area contributed by atoms with E-state index >= 15 is 0 Å². The Balaban J connectivity index is 2.37. The zero-order valence-electron chi connectivity index (χ0n) is 18.8. The minimum absolute atomic E-state index is 0.0218. The van der Waals surface area contributed by atoms with Crippen molar-refractivity contribution in [2.75, 3.05) is 6.61 Å². The molecule has 1 aliphatic heterocycles.